The van der Waals surface area contributed by atoms with Crippen LogP contribution in [0.1, 0.15) is 0 Å². The van der Waals surface area contributed by atoms with Crippen molar-refractivity contribution in [3.05, 3.63) is 56.0 Å². The Bertz CT molecular complexity index is 832. The fourth-order valence-electron chi connectivity index (χ4n) is 1.73. The van der Waals surface area contributed by atoms with Crippen LogP contribution in [0.4, 0.5) is 0 Å². The van der Waals surface area contributed by atoms with Crippen molar-refractivity contribution < 1.29 is 0 Å². The van der Waals surface area contributed by atoms with E-state index < -0.39 is 11.1 Å². The molecule has 0 saturated heterocycles. The van der Waals surface area contributed by atoms with Gasteiger partial charge in [0.1, 0.15) is 0 Å². The summed E-state index contributed by atoms with van der Waals surface area (Å²) < 4.78 is 2.59. The van der Waals surface area contributed by atoms with Crippen LogP contribution in [0.5, 0.6) is 0 Å². The summed E-state index contributed by atoms with van der Waals surface area (Å²) in [4.78, 5) is 31.5. The largest absolute Gasteiger partial charge is 0.316 e. The van der Waals surface area contributed by atoms with Gasteiger partial charge in [-0.05, 0) is 28.1 Å². The molecule has 90 valence electrons. The molecule has 1 aromatic carbocycles. The summed E-state index contributed by atoms with van der Waals surface area (Å²) in [5.74, 6) is 0. The first kappa shape index (κ1) is 11.0. The van der Waals surface area contributed by atoms with Crippen LogP contribution in [0.25, 0.3) is 16.7 Å². The molecule has 2 heterocycles. The van der Waals surface area contributed by atoms with Gasteiger partial charge in [0, 0.05) is 16.9 Å². The van der Waals surface area contributed by atoms with E-state index in [1.54, 1.807) is 35.4 Å². The minimum Gasteiger partial charge on any atom is -0.316 e. The highest BCUT2D eigenvalue weighted by atomic mass is 79.9. The number of imidazole rings is 1. The standard InChI is InChI=1S/C11H7BrN4O2/c12-6-3-7-8(15-11(18)10(17)14-7)4-9(6)16-2-1-13-5-16/h1-5H,(H,14,17)(H,15,18). The number of rotatable bonds is 1. The molecule has 2 aromatic heterocycles. The fourth-order valence-corrected chi connectivity index (χ4v) is 2.27. The molecule has 0 aliphatic rings. The Morgan fingerprint density at radius 1 is 1.11 bits per heavy atom. The van der Waals surface area contributed by atoms with Crippen LogP contribution in [-0.2, 0) is 0 Å². The number of nitrogens with one attached hydrogen (secondary N) is 2. The third-order valence-corrected chi connectivity index (χ3v) is 3.21. The summed E-state index contributed by atoms with van der Waals surface area (Å²) in [5, 5.41) is 0. The van der Waals surface area contributed by atoms with Crippen molar-refractivity contribution in [2.24, 2.45) is 0 Å². The topological polar surface area (TPSA) is 83.5 Å². The minimum absolute atomic E-state index is 0.562. The Morgan fingerprint density at radius 3 is 2.39 bits per heavy atom. The molecule has 18 heavy (non-hydrogen) atoms. The molecule has 0 amide bonds. The first-order valence-corrected chi connectivity index (χ1v) is 5.88. The molecular weight excluding hydrogens is 300 g/mol. The lowest BCUT2D eigenvalue weighted by Gasteiger charge is -2.07. The Balaban J connectivity index is 2.37. The first-order chi connectivity index (χ1) is 8.65. The van der Waals surface area contributed by atoms with Crippen LogP contribution in [0, 0.1) is 0 Å². The Kier molecular flexibility index (Phi) is 2.41. The van der Waals surface area contributed by atoms with Gasteiger partial charge in [-0.2, -0.15) is 0 Å². The smallest absolute Gasteiger partial charge is 0.314 e. The molecule has 0 atom stereocenters. The predicted molar refractivity (Wildman–Crippen MR) is 70.0 cm³/mol. The Labute approximate surface area is 108 Å². The van der Waals surface area contributed by atoms with E-state index in [-0.39, 0.29) is 0 Å². The van der Waals surface area contributed by atoms with Crippen molar-refractivity contribution >= 4 is 27.0 Å². The molecule has 0 unspecified atom stereocenters. The molecule has 0 radical (unpaired) electrons. The average Bonchev–Trinajstić information content (AvgIpc) is 2.84. The number of aromatic nitrogens is 4. The summed E-state index contributed by atoms with van der Waals surface area (Å²) in [6.45, 7) is 0. The molecule has 2 N–H and O–H groups in total. The van der Waals surface area contributed by atoms with Crippen LogP contribution in [-0.4, -0.2) is 19.5 Å². The van der Waals surface area contributed by atoms with E-state index in [0.29, 0.717) is 11.0 Å². The van der Waals surface area contributed by atoms with E-state index >= 15 is 0 Å². The van der Waals surface area contributed by atoms with Crippen LogP contribution in [0.15, 0.2) is 44.9 Å². The van der Waals surface area contributed by atoms with Crippen molar-refractivity contribution in [3.8, 4) is 5.69 Å². The van der Waals surface area contributed by atoms with Crippen LogP contribution >= 0.6 is 15.9 Å². The van der Waals surface area contributed by atoms with Gasteiger partial charge in [0.05, 0.1) is 23.0 Å². The number of H-pyrrole nitrogens is 2. The maximum Gasteiger partial charge on any atom is 0.314 e. The average molecular weight is 307 g/mol. The fraction of sp³-hybridized carbons (Fsp3) is 0. The summed E-state index contributed by atoms with van der Waals surface area (Å²) in [7, 11) is 0. The monoisotopic (exact) mass is 306 g/mol. The van der Waals surface area contributed by atoms with Crippen molar-refractivity contribution in [1.82, 2.24) is 19.5 Å². The lowest BCUT2D eigenvalue weighted by molar-refractivity contribution is 1.05. The molecule has 0 aliphatic carbocycles. The van der Waals surface area contributed by atoms with Crippen molar-refractivity contribution in [2.75, 3.05) is 0 Å². The van der Waals surface area contributed by atoms with E-state index in [0.717, 1.165) is 10.2 Å². The van der Waals surface area contributed by atoms with Gasteiger partial charge in [-0.1, -0.05) is 0 Å². The molecule has 6 nitrogen and oxygen atoms in total. The maximum absolute atomic E-state index is 11.3. The highest BCUT2D eigenvalue weighted by Gasteiger charge is 2.06. The number of hydrogen-bond acceptors (Lipinski definition) is 3. The van der Waals surface area contributed by atoms with Crippen molar-refractivity contribution in [1.29, 1.82) is 0 Å². The summed E-state index contributed by atoms with van der Waals surface area (Å²) in [5.41, 5.74) is 0.621. The van der Waals surface area contributed by atoms with Gasteiger partial charge in [0.15, 0.2) is 0 Å². The highest BCUT2D eigenvalue weighted by Crippen LogP contribution is 2.24. The number of hydrogen-bond donors (Lipinski definition) is 2. The van der Waals surface area contributed by atoms with Gasteiger partial charge in [0.2, 0.25) is 0 Å². The second kappa shape index (κ2) is 3.95. The second-order valence-electron chi connectivity index (χ2n) is 3.73. The Hall–Kier alpha value is -2.15. The number of fused-ring (bicyclic) bond motifs is 1. The molecule has 0 aliphatic heterocycles. The highest BCUT2D eigenvalue weighted by molar-refractivity contribution is 9.10. The number of nitrogens with zero attached hydrogens (tertiary/aromatic N) is 2. The van der Waals surface area contributed by atoms with Crippen LogP contribution in [0.3, 0.4) is 0 Å². The first-order valence-electron chi connectivity index (χ1n) is 5.09. The zero-order valence-corrected chi connectivity index (χ0v) is 10.6. The molecular formula is C11H7BrN4O2. The number of halogens is 1. The van der Waals surface area contributed by atoms with E-state index in [2.05, 4.69) is 30.9 Å². The van der Waals surface area contributed by atoms with Gasteiger partial charge in [-0.25, -0.2) is 4.98 Å². The summed E-state index contributed by atoms with van der Waals surface area (Å²) in [6, 6.07) is 3.50. The number of benzene rings is 1. The molecule has 0 bridgehead atoms. The molecule has 3 aromatic rings. The second-order valence-corrected chi connectivity index (χ2v) is 4.58. The SMILES string of the molecule is O=c1[nH]c2cc(Br)c(-n3ccnc3)cc2[nH]c1=O. The van der Waals surface area contributed by atoms with Crippen LogP contribution < -0.4 is 11.1 Å². The van der Waals surface area contributed by atoms with Gasteiger partial charge < -0.3 is 14.5 Å². The molecule has 7 heteroatoms. The lowest BCUT2D eigenvalue weighted by Crippen LogP contribution is -2.28. The third-order valence-electron chi connectivity index (χ3n) is 2.57. The predicted octanol–water partition coefficient (Wildman–Crippen LogP) is 1.16. The quantitative estimate of drug-likeness (QED) is 0.662. The third kappa shape index (κ3) is 1.68. The maximum atomic E-state index is 11.3. The minimum atomic E-state index is -0.665. The van der Waals surface area contributed by atoms with E-state index in [9.17, 15) is 9.59 Å². The normalized spacial score (nSPS) is 10.9. The van der Waals surface area contributed by atoms with Crippen LogP contribution in [0.2, 0.25) is 0 Å². The van der Waals surface area contributed by atoms with E-state index in [1.165, 1.54) is 0 Å². The number of aromatic amines is 2. The van der Waals surface area contributed by atoms with Gasteiger partial charge >= 0.3 is 11.1 Å². The molecule has 0 spiro atoms. The zero-order chi connectivity index (χ0) is 12.7. The van der Waals surface area contributed by atoms with Gasteiger partial charge in [0.25, 0.3) is 0 Å². The summed E-state index contributed by atoms with van der Waals surface area (Å²) in [6.07, 6.45) is 5.09. The molecule has 0 saturated carbocycles. The lowest BCUT2D eigenvalue weighted by atomic mass is 10.2. The Morgan fingerprint density at radius 2 is 1.78 bits per heavy atom. The molecule has 0 fully saturated rings. The zero-order valence-electron chi connectivity index (χ0n) is 8.98. The van der Waals surface area contributed by atoms with Gasteiger partial charge in [-0.15, -0.1) is 0 Å². The van der Waals surface area contributed by atoms with Gasteiger partial charge in [-0.3, -0.25) is 9.59 Å². The van der Waals surface area contributed by atoms with E-state index in [1.807, 2.05) is 0 Å². The summed E-state index contributed by atoms with van der Waals surface area (Å²) >= 11 is 3.42. The van der Waals surface area contributed by atoms with E-state index in [4.69, 9.17) is 0 Å². The van der Waals surface area contributed by atoms with Crippen molar-refractivity contribution in [3.63, 3.8) is 0 Å². The molecule has 3 rings (SSSR count). The van der Waals surface area contributed by atoms with Crippen molar-refractivity contribution in [2.45, 2.75) is 0 Å².